The topological polar surface area (TPSA) is 55.1 Å². The van der Waals surface area contributed by atoms with Crippen LogP contribution in [0.25, 0.3) is 0 Å². The van der Waals surface area contributed by atoms with Crippen LogP contribution in [0.2, 0.25) is 0 Å². The number of rotatable bonds is 4. The molecule has 1 unspecified atom stereocenters. The lowest BCUT2D eigenvalue weighted by Gasteiger charge is -2.12. The molecule has 90 valence electrons. The van der Waals surface area contributed by atoms with Crippen molar-refractivity contribution in [2.24, 2.45) is 5.92 Å². The van der Waals surface area contributed by atoms with Crippen molar-refractivity contribution in [3.8, 4) is 0 Å². The molecule has 0 aromatic heterocycles. The van der Waals surface area contributed by atoms with E-state index in [1.165, 1.54) is 0 Å². The zero-order valence-electron chi connectivity index (χ0n) is 9.40. The SMILES string of the molecule is CSCC(C)C(=O)Nc1ccccc1N.Cl. The van der Waals surface area contributed by atoms with E-state index in [1.54, 1.807) is 23.9 Å². The summed E-state index contributed by atoms with van der Waals surface area (Å²) in [6.07, 6.45) is 1.99. The Morgan fingerprint density at radius 2 is 2.12 bits per heavy atom. The van der Waals surface area contributed by atoms with E-state index in [1.807, 2.05) is 25.3 Å². The van der Waals surface area contributed by atoms with Crippen LogP contribution >= 0.6 is 24.2 Å². The van der Waals surface area contributed by atoms with E-state index in [0.29, 0.717) is 11.4 Å². The minimum atomic E-state index is -0.000365. The van der Waals surface area contributed by atoms with Gasteiger partial charge in [-0.1, -0.05) is 19.1 Å². The van der Waals surface area contributed by atoms with Gasteiger partial charge in [0.05, 0.1) is 11.4 Å². The smallest absolute Gasteiger partial charge is 0.228 e. The van der Waals surface area contributed by atoms with Crippen molar-refractivity contribution in [3.05, 3.63) is 24.3 Å². The summed E-state index contributed by atoms with van der Waals surface area (Å²) in [4.78, 5) is 11.7. The monoisotopic (exact) mass is 260 g/mol. The second kappa shape index (κ2) is 7.41. The number of para-hydroxylation sites is 2. The van der Waals surface area contributed by atoms with E-state index in [-0.39, 0.29) is 24.2 Å². The van der Waals surface area contributed by atoms with Gasteiger partial charge in [-0.25, -0.2) is 0 Å². The number of carbonyl (C=O) groups excluding carboxylic acids is 1. The fourth-order valence-corrected chi connectivity index (χ4v) is 1.84. The summed E-state index contributed by atoms with van der Waals surface area (Å²) >= 11 is 1.66. The minimum Gasteiger partial charge on any atom is -0.397 e. The van der Waals surface area contributed by atoms with Crippen molar-refractivity contribution >= 4 is 41.5 Å². The predicted octanol–water partition coefficient (Wildman–Crippen LogP) is 2.63. The number of nitrogen functional groups attached to an aromatic ring is 1. The third kappa shape index (κ3) is 4.33. The fraction of sp³-hybridized carbons (Fsp3) is 0.364. The molecule has 0 aliphatic heterocycles. The summed E-state index contributed by atoms with van der Waals surface area (Å²) in [5.74, 6) is 0.834. The number of benzene rings is 1. The standard InChI is InChI=1S/C11H16N2OS.ClH/c1-8(7-15-2)11(14)13-10-6-4-3-5-9(10)12;/h3-6,8H,7,12H2,1-2H3,(H,13,14);1H. The Bertz CT molecular complexity index is 347. The molecule has 0 bridgehead atoms. The first kappa shape index (κ1) is 15.1. The van der Waals surface area contributed by atoms with E-state index in [2.05, 4.69) is 5.32 Å². The molecule has 1 atom stereocenters. The summed E-state index contributed by atoms with van der Waals surface area (Å²) in [5.41, 5.74) is 7.01. The average molecular weight is 261 g/mol. The lowest BCUT2D eigenvalue weighted by atomic mass is 10.2. The Kier molecular flexibility index (Phi) is 7.01. The van der Waals surface area contributed by atoms with Crippen LogP contribution in [0.5, 0.6) is 0 Å². The minimum absolute atomic E-state index is 0. The van der Waals surface area contributed by atoms with E-state index in [9.17, 15) is 4.79 Å². The number of anilines is 2. The molecule has 0 heterocycles. The van der Waals surface area contributed by atoms with Gasteiger partial charge in [-0.15, -0.1) is 12.4 Å². The van der Waals surface area contributed by atoms with Gasteiger partial charge in [0.25, 0.3) is 0 Å². The summed E-state index contributed by atoms with van der Waals surface area (Å²) in [7, 11) is 0. The van der Waals surface area contributed by atoms with Crippen LogP contribution in [0.4, 0.5) is 11.4 Å². The van der Waals surface area contributed by atoms with E-state index in [4.69, 9.17) is 5.73 Å². The predicted molar refractivity (Wildman–Crippen MR) is 74.3 cm³/mol. The molecule has 16 heavy (non-hydrogen) atoms. The van der Waals surface area contributed by atoms with Gasteiger partial charge in [0.15, 0.2) is 0 Å². The lowest BCUT2D eigenvalue weighted by Crippen LogP contribution is -2.22. The Balaban J connectivity index is 0.00000225. The molecule has 0 spiro atoms. The molecule has 1 amide bonds. The molecular weight excluding hydrogens is 244 g/mol. The molecule has 0 saturated carbocycles. The van der Waals surface area contributed by atoms with Crippen LogP contribution in [-0.2, 0) is 4.79 Å². The summed E-state index contributed by atoms with van der Waals surface area (Å²) in [5, 5.41) is 2.82. The molecular formula is C11H17ClN2OS. The van der Waals surface area contributed by atoms with Gasteiger partial charge in [0, 0.05) is 11.7 Å². The number of amides is 1. The number of hydrogen-bond acceptors (Lipinski definition) is 3. The van der Waals surface area contributed by atoms with Gasteiger partial charge in [-0.3, -0.25) is 4.79 Å². The van der Waals surface area contributed by atoms with E-state index >= 15 is 0 Å². The molecule has 0 aliphatic rings. The van der Waals surface area contributed by atoms with Gasteiger partial charge < -0.3 is 11.1 Å². The first-order valence-electron chi connectivity index (χ1n) is 4.79. The second-order valence-corrected chi connectivity index (χ2v) is 4.34. The molecule has 0 aliphatic carbocycles. The molecule has 1 aromatic rings. The Morgan fingerprint density at radius 3 is 2.69 bits per heavy atom. The van der Waals surface area contributed by atoms with Gasteiger partial charge in [-0.05, 0) is 18.4 Å². The third-order valence-corrected chi connectivity index (χ3v) is 2.92. The molecule has 3 N–H and O–H groups in total. The van der Waals surface area contributed by atoms with Crippen LogP contribution in [-0.4, -0.2) is 17.9 Å². The van der Waals surface area contributed by atoms with Crippen LogP contribution < -0.4 is 11.1 Å². The number of nitrogens with one attached hydrogen (secondary N) is 1. The molecule has 0 fully saturated rings. The maximum Gasteiger partial charge on any atom is 0.228 e. The summed E-state index contributed by atoms with van der Waals surface area (Å²) in [6.45, 7) is 1.91. The second-order valence-electron chi connectivity index (χ2n) is 3.43. The number of carbonyl (C=O) groups is 1. The average Bonchev–Trinajstić information content (AvgIpc) is 2.21. The quantitative estimate of drug-likeness (QED) is 0.819. The largest absolute Gasteiger partial charge is 0.397 e. The zero-order valence-corrected chi connectivity index (χ0v) is 11.0. The highest BCUT2D eigenvalue weighted by molar-refractivity contribution is 7.98. The third-order valence-electron chi connectivity index (χ3n) is 2.08. The fourth-order valence-electron chi connectivity index (χ4n) is 1.19. The van der Waals surface area contributed by atoms with Crippen molar-refractivity contribution in [2.45, 2.75) is 6.92 Å². The highest BCUT2D eigenvalue weighted by Gasteiger charge is 2.12. The van der Waals surface area contributed by atoms with Gasteiger partial charge in [0.1, 0.15) is 0 Å². The van der Waals surface area contributed by atoms with E-state index in [0.717, 1.165) is 5.75 Å². The van der Waals surface area contributed by atoms with Crippen molar-refractivity contribution < 1.29 is 4.79 Å². The van der Waals surface area contributed by atoms with Crippen molar-refractivity contribution in [1.29, 1.82) is 0 Å². The molecule has 3 nitrogen and oxygen atoms in total. The van der Waals surface area contributed by atoms with Crippen molar-refractivity contribution in [2.75, 3.05) is 23.1 Å². The number of hydrogen-bond donors (Lipinski definition) is 2. The maximum absolute atomic E-state index is 11.7. The number of nitrogens with two attached hydrogens (primary N) is 1. The molecule has 0 saturated heterocycles. The first-order valence-corrected chi connectivity index (χ1v) is 6.19. The van der Waals surface area contributed by atoms with Crippen LogP contribution in [0.1, 0.15) is 6.92 Å². The normalized spacial score (nSPS) is 11.4. The summed E-state index contributed by atoms with van der Waals surface area (Å²) in [6, 6.07) is 7.27. The van der Waals surface area contributed by atoms with Crippen molar-refractivity contribution in [1.82, 2.24) is 0 Å². The van der Waals surface area contributed by atoms with Crippen LogP contribution in [0.3, 0.4) is 0 Å². The molecule has 0 radical (unpaired) electrons. The molecule has 1 rings (SSSR count). The molecule has 5 heteroatoms. The number of halogens is 1. The Morgan fingerprint density at radius 1 is 1.50 bits per heavy atom. The van der Waals surface area contributed by atoms with Gasteiger partial charge in [-0.2, -0.15) is 11.8 Å². The lowest BCUT2D eigenvalue weighted by molar-refractivity contribution is -0.118. The van der Waals surface area contributed by atoms with Gasteiger partial charge >= 0.3 is 0 Å². The van der Waals surface area contributed by atoms with E-state index < -0.39 is 0 Å². The van der Waals surface area contributed by atoms with Gasteiger partial charge in [0.2, 0.25) is 5.91 Å². The Hall–Kier alpha value is -0.870. The highest BCUT2D eigenvalue weighted by Crippen LogP contribution is 2.18. The Labute approximate surface area is 107 Å². The highest BCUT2D eigenvalue weighted by atomic mass is 35.5. The van der Waals surface area contributed by atoms with Crippen LogP contribution in [0.15, 0.2) is 24.3 Å². The summed E-state index contributed by atoms with van der Waals surface area (Å²) < 4.78 is 0. The number of thioether (sulfide) groups is 1. The van der Waals surface area contributed by atoms with Crippen LogP contribution in [0, 0.1) is 5.92 Å². The zero-order chi connectivity index (χ0) is 11.3. The molecule has 1 aromatic carbocycles. The van der Waals surface area contributed by atoms with Crippen molar-refractivity contribution in [3.63, 3.8) is 0 Å². The maximum atomic E-state index is 11.7. The first-order chi connectivity index (χ1) is 7.15.